The summed E-state index contributed by atoms with van der Waals surface area (Å²) in [6.45, 7) is 3.37. The summed E-state index contributed by atoms with van der Waals surface area (Å²) in [5, 5.41) is 15.8. The number of carbonyl (C=O) groups is 1. The maximum Gasteiger partial charge on any atom is 0.173 e. The minimum Gasteiger partial charge on any atom is -0.550 e. The lowest BCUT2D eigenvalue weighted by Gasteiger charge is -2.34. The molecule has 0 aliphatic heterocycles. The average Bonchev–Trinajstić information content (AvgIpc) is 2.76. The summed E-state index contributed by atoms with van der Waals surface area (Å²) < 4.78 is 5.25. The number of thiocarbonyl (C=S) groups is 1. The van der Waals surface area contributed by atoms with Crippen LogP contribution in [0, 0.1) is 18.8 Å². The van der Waals surface area contributed by atoms with Gasteiger partial charge in [0.05, 0.1) is 7.11 Å². The summed E-state index contributed by atoms with van der Waals surface area (Å²) >= 11 is 12.0. The van der Waals surface area contributed by atoms with E-state index in [0.717, 1.165) is 42.0 Å². The van der Waals surface area contributed by atoms with Crippen molar-refractivity contribution in [1.29, 1.82) is 0 Å². The summed E-state index contributed by atoms with van der Waals surface area (Å²) in [6, 6.07) is 13.7. The molecule has 5 nitrogen and oxygen atoms in total. The Morgan fingerprint density at radius 3 is 2.45 bits per heavy atom. The van der Waals surface area contributed by atoms with Crippen LogP contribution in [0.2, 0.25) is 5.02 Å². The maximum atomic E-state index is 11.2. The van der Waals surface area contributed by atoms with Gasteiger partial charge in [-0.25, -0.2) is 0 Å². The number of carbonyl (C=O) groups excluding carboxylic acids is 1. The van der Waals surface area contributed by atoms with Gasteiger partial charge in [0.15, 0.2) is 5.11 Å². The van der Waals surface area contributed by atoms with Crippen LogP contribution < -0.4 is 15.2 Å². The number of nitrogens with one attached hydrogen (secondary N) is 1. The number of nitrogens with zero attached hydrogens (tertiary/aromatic N) is 1. The third kappa shape index (κ3) is 6.58. The summed E-state index contributed by atoms with van der Waals surface area (Å²) in [4.78, 5) is 13.3. The van der Waals surface area contributed by atoms with E-state index >= 15 is 0 Å². The van der Waals surface area contributed by atoms with Crippen molar-refractivity contribution in [3.63, 3.8) is 0 Å². The second-order valence-electron chi connectivity index (χ2n) is 8.16. The number of ether oxygens (including phenoxy) is 1. The fourth-order valence-corrected chi connectivity index (χ4v) is 4.37. The van der Waals surface area contributed by atoms with Gasteiger partial charge in [-0.15, -0.1) is 0 Å². The van der Waals surface area contributed by atoms with Crippen LogP contribution >= 0.6 is 23.8 Å². The second kappa shape index (κ2) is 10.8. The van der Waals surface area contributed by atoms with Crippen LogP contribution in [0.15, 0.2) is 42.5 Å². The van der Waals surface area contributed by atoms with Gasteiger partial charge in [0.25, 0.3) is 0 Å². The van der Waals surface area contributed by atoms with E-state index in [4.69, 9.17) is 28.6 Å². The van der Waals surface area contributed by atoms with E-state index < -0.39 is 5.97 Å². The first-order chi connectivity index (χ1) is 14.9. The van der Waals surface area contributed by atoms with Crippen molar-refractivity contribution in [2.45, 2.75) is 39.2 Å². The molecular weight excluding hydrogens is 432 g/mol. The average molecular weight is 460 g/mol. The Labute approximate surface area is 194 Å². The van der Waals surface area contributed by atoms with Crippen molar-refractivity contribution < 1.29 is 14.6 Å². The highest BCUT2D eigenvalue weighted by molar-refractivity contribution is 7.80. The topological polar surface area (TPSA) is 64.6 Å². The van der Waals surface area contributed by atoms with E-state index in [1.54, 1.807) is 7.11 Å². The molecule has 0 bridgehead atoms. The molecule has 0 atom stereocenters. The zero-order valence-corrected chi connectivity index (χ0v) is 19.5. The molecule has 1 saturated carbocycles. The van der Waals surface area contributed by atoms with E-state index in [1.807, 2.05) is 49.4 Å². The zero-order chi connectivity index (χ0) is 22.4. The van der Waals surface area contributed by atoms with Crippen LogP contribution in [0.4, 0.5) is 5.69 Å². The Morgan fingerprint density at radius 1 is 1.19 bits per heavy atom. The largest absolute Gasteiger partial charge is 0.550 e. The van der Waals surface area contributed by atoms with E-state index in [1.165, 1.54) is 0 Å². The Morgan fingerprint density at radius 2 is 1.87 bits per heavy atom. The van der Waals surface area contributed by atoms with Crippen molar-refractivity contribution in [3.05, 3.63) is 58.6 Å². The van der Waals surface area contributed by atoms with Crippen LogP contribution in [0.25, 0.3) is 0 Å². The third-order valence-electron chi connectivity index (χ3n) is 5.90. The fraction of sp³-hybridized carbons (Fsp3) is 0.417. The van der Waals surface area contributed by atoms with E-state index in [9.17, 15) is 9.90 Å². The maximum absolute atomic E-state index is 11.2. The molecule has 0 saturated heterocycles. The van der Waals surface area contributed by atoms with Crippen molar-refractivity contribution >= 4 is 40.6 Å². The number of anilines is 1. The van der Waals surface area contributed by atoms with E-state index in [0.29, 0.717) is 35.4 Å². The SMILES string of the molecule is COc1ccc(CN(CC2CCC(C(=O)[O-])CC2)C(=S)Nc2ccc(C)c(Cl)c2)cc1. The molecule has 1 N–H and O–H groups in total. The summed E-state index contributed by atoms with van der Waals surface area (Å²) in [5.74, 6) is -0.0610. The van der Waals surface area contributed by atoms with Crippen LogP contribution in [0.1, 0.15) is 36.8 Å². The molecule has 2 aromatic carbocycles. The Hall–Kier alpha value is -2.31. The van der Waals surface area contributed by atoms with Gasteiger partial charge in [-0.3, -0.25) is 0 Å². The molecule has 166 valence electrons. The molecule has 1 fully saturated rings. The standard InChI is InChI=1S/C24H29ClN2O3S/c1-16-3-10-20(13-22(16)25)26-24(31)27(15-18-6-11-21(30-2)12-7-18)14-17-4-8-19(9-5-17)23(28)29/h3,6-7,10-13,17,19H,4-5,8-9,14-15H2,1-2H3,(H,26,31)(H,28,29)/p-1. The Balaban J connectivity index is 1.71. The summed E-state index contributed by atoms with van der Waals surface area (Å²) in [6.07, 6.45) is 3.04. The van der Waals surface area contributed by atoms with Crippen LogP contribution in [-0.4, -0.2) is 29.6 Å². The predicted octanol–water partition coefficient (Wildman–Crippen LogP) is 4.41. The van der Waals surface area contributed by atoms with Crippen molar-refractivity contribution in [2.24, 2.45) is 11.8 Å². The number of carboxylic acids is 1. The van der Waals surface area contributed by atoms with E-state index in [-0.39, 0.29) is 5.92 Å². The van der Waals surface area contributed by atoms with Crippen LogP contribution in [0.5, 0.6) is 5.75 Å². The molecule has 1 aliphatic rings. The van der Waals surface area contributed by atoms with Crippen molar-refractivity contribution in [3.8, 4) is 5.75 Å². The fourth-order valence-electron chi connectivity index (χ4n) is 3.94. The molecule has 3 rings (SSSR count). The minimum absolute atomic E-state index is 0.328. The lowest BCUT2D eigenvalue weighted by molar-refractivity contribution is -0.312. The predicted molar refractivity (Wildman–Crippen MR) is 126 cm³/mol. The number of halogens is 1. The number of aryl methyl sites for hydroxylation is 1. The number of benzene rings is 2. The highest BCUT2D eigenvalue weighted by atomic mass is 35.5. The molecule has 0 aromatic heterocycles. The number of rotatable bonds is 7. The highest BCUT2D eigenvalue weighted by Crippen LogP contribution is 2.30. The Bertz CT molecular complexity index is 912. The summed E-state index contributed by atoms with van der Waals surface area (Å²) in [7, 11) is 1.65. The van der Waals surface area contributed by atoms with Crippen LogP contribution in [0.3, 0.4) is 0 Å². The normalized spacial score (nSPS) is 18.3. The lowest BCUT2D eigenvalue weighted by Crippen LogP contribution is -2.40. The summed E-state index contributed by atoms with van der Waals surface area (Å²) in [5.41, 5.74) is 2.98. The lowest BCUT2D eigenvalue weighted by atomic mass is 9.82. The van der Waals surface area contributed by atoms with Crippen molar-refractivity contribution in [2.75, 3.05) is 19.0 Å². The molecule has 0 spiro atoms. The second-order valence-corrected chi connectivity index (χ2v) is 8.95. The third-order valence-corrected chi connectivity index (χ3v) is 6.67. The van der Waals surface area contributed by atoms with Crippen LogP contribution in [-0.2, 0) is 11.3 Å². The molecule has 0 amide bonds. The molecule has 0 radical (unpaired) electrons. The number of carboxylic acid groups (broad SMARTS) is 1. The Kier molecular flexibility index (Phi) is 8.15. The van der Waals surface area contributed by atoms with Gasteiger partial charge in [0.1, 0.15) is 5.75 Å². The molecule has 1 aliphatic carbocycles. The first-order valence-electron chi connectivity index (χ1n) is 10.5. The van der Waals surface area contributed by atoms with Gasteiger partial charge in [0.2, 0.25) is 0 Å². The molecule has 31 heavy (non-hydrogen) atoms. The van der Waals surface area contributed by atoms with Gasteiger partial charge in [0, 0.05) is 29.8 Å². The number of aliphatic carboxylic acids is 1. The number of hydrogen-bond acceptors (Lipinski definition) is 4. The molecule has 2 aromatic rings. The monoisotopic (exact) mass is 459 g/mol. The van der Waals surface area contributed by atoms with Gasteiger partial charge in [-0.05, 0) is 92.1 Å². The zero-order valence-electron chi connectivity index (χ0n) is 17.9. The smallest absolute Gasteiger partial charge is 0.173 e. The minimum atomic E-state index is -0.929. The van der Waals surface area contributed by atoms with Crippen molar-refractivity contribution in [1.82, 2.24) is 4.90 Å². The molecule has 7 heteroatoms. The van der Waals surface area contributed by atoms with E-state index in [2.05, 4.69) is 10.2 Å². The van der Waals surface area contributed by atoms with Gasteiger partial charge < -0.3 is 24.9 Å². The van der Waals surface area contributed by atoms with Gasteiger partial charge >= 0.3 is 0 Å². The molecule has 0 heterocycles. The number of hydrogen-bond donors (Lipinski definition) is 1. The molecular formula is C24H28ClN2O3S-. The van der Waals surface area contributed by atoms with Gasteiger partial charge in [-0.1, -0.05) is 29.8 Å². The van der Waals surface area contributed by atoms with Gasteiger partial charge in [-0.2, -0.15) is 0 Å². The number of methoxy groups -OCH3 is 1. The quantitative estimate of drug-likeness (QED) is 0.618. The highest BCUT2D eigenvalue weighted by Gasteiger charge is 2.25. The first kappa shape index (κ1) is 23.4. The first-order valence-corrected chi connectivity index (χ1v) is 11.3. The molecule has 0 unspecified atom stereocenters.